The third-order valence-electron chi connectivity index (χ3n) is 3.78. The van der Waals surface area contributed by atoms with Crippen molar-refractivity contribution < 1.29 is 0 Å². The van der Waals surface area contributed by atoms with E-state index in [1.807, 2.05) is 6.92 Å². The topological polar surface area (TPSA) is 45.8 Å². The molecule has 17 heavy (non-hydrogen) atoms. The van der Waals surface area contributed by atoms with Crippen LogP contribution in [0.5, 0.6) is 0 Å². The van der Waals surface area contributed by atoms with E-state index in [0.717, 1.165) is 23.7 Å². The standard InChI is InChI=1S/C14H16N2O/c1-3-9-4-5-10-6-13-12(7-11(9)10)14(17)16-8(2)15-13/h6-7,9H,3-5H2,1-2H3,(H,15,16,17). The molecule has 0 spiro atoms. The molecule has 1 aliphatic carbocycles. The fourth-order valence-corrected chi connectivity index (χ4v) is 2.87. The van der Waals surface area contributed by atoms with Gasteiger partial charge in [-0.25, -0.2) is 4.98 Å². The molecular weight excluding hydrogens is 212 g/mol. The highest BCUT2D eigenvalue weighted by Gasteiger charge is 2.22. The lowest BCUT2D eigenvalue weighted by Gasteiger charge is -2.09. The Hall–Kier alpha value is -1.64. The molecule has 1 atom stereocenters. The number of aromatic amines is 1. The second-order valence-electron chi connectivity index (χ2n) is 4.86. The number of nitrogens with zero attached hydrogens (tertiary/aromatic N) is 1. The van der Waals surface area contributed by atoms with E-state index in [9.17, 15) is 4.79 Å². The molecule has 0 aliphatic heterocycles. The Balaban J connectivity index is 2.32. The molecule has 2 aromatic rings. The van der Waals surface area contributed by atoms with E-state index in [0.29, 0.717) is 11.7 Å². The molecule has 0 radical (unpaired) electrons. The summed E-state index contributed by atoms with van der Waals surface area (Å²) in [6, 6.07) is 4.15. The average molecular weight is 228 g/mol. The van der Waals surface area contributed by atoms with Crippen LogP contribution in [0.1, 0.15) is 42.6 Å². The van der Waals surface area contributed by atoms with Crippen LogP contribution in [0.2, 0.25) is 0 Å². The molecule has 0 saturated heterocycles. The second kappa shape index (κ2) is 3.69. The van der Waals surface area contributed by atoms with Crippen LogP contribution in [0.25, 0.3) is 10.9 Å². The van der Waals surface area contributed by atoms with E-state index in [4.69, 9.17) is 0 Å². The molecular formula is C14H16N2O. The number of nitrogens with one attached hydrogen (secondary N) is 1. The van der Waals surface area contributed by atoms with Crippen LogP contribution in [0.15, 0.2) is 16.9 Å². The summed E-state index contributed by atoms with van der Waals surface area (Å²) in [6.45, 7) is 4.03. The van der Waals surface area contributed by atoms with Gasteiger partial charge in [0.25, 0.3) is 5.56 Å². The number of fused-ring (bicyclic) bond motifs is 2. The number of aryl methyl sites for hydroxylation is 2. The molecule has 3 heteroatoms. The molecule has 0 bridgehead atoms. The van der Waals surface area contributed by atoms with Gasteiger partial charge in [-0.05, 0) is 55.4 Å². The van der Waals surface area contributed by atoms with Crippen molar-refractivity contribution in [2.24, 2.45) is 0 Å². The molecule has 0 saturated carbocycles. The first-order valence-electron chi connectivity index (χ1n) is 6.22. The lowest BCUT2D eigenvalue weighted by Crippen LogP contribution is -2.10. The minimum Gasteiger partial charge on any atom is -0.310 e. The van der Waals surface area contributed by atoms with Crippen molar-refractivity contribution in [1.29, 1.82) is 0 Å². The van der Waals surface area contributed by atoms with Gasteiger partial charge in [-0.15, -0.1) is 0 Å². The third kappa shape index (κ3) is 1.57. The van der Waals surface area contributed by atoms with Crippen molar-refractivity contribution in [3.8, 4) is 0 Å². The van der Waals surface area contributed by atoms with Crippen LogP contribution in [0, 0.1) is 6.92 Å². The molecule has 88 valence electrons. The second-order valence-corrected chi connectivity index (χ2v) is 4.86. The predicted molar refractivity (Wildman–Crippen MR) is 68.5 cm³/mol. The maximum Gasteiger partial charge on any atom is 0.258 e. The molecule has 3 nitrogen and oxygen atoms in total. The number of H-pyrrole nitrogens is 1. The summed E-state index contributed by atoms with van der Waals surface area (Å²) in [5.41, 5.74) is 3.55. The number of aromatic nitrogens is 2. The largest absolute Gasteiger partial charge is 0.310 e. The first-order valence-corrected chi connectivity index (χ1v) is 6.22. The van der Waals surface area contributed by atoms with Crippen LogP contribution >= 0.6 is 0 Å². The van der Waals surface area contributed by atoms with Crippen molar-refractivity contribution in [1.82, 2.24) is 9.97 Å². The molecule has 0 amide bonds. The number of hydrogen-bond donors (Lipinski definition) is 1. The summed E-state index contributed by atoms with van der Waals surface area (Å²) < 4.78 is 0. The van der Waals surface area contributed by atoms with Gasteiger partial charge in [0.15, 0.2) is 0 Å². The summed E-state index contributed by atoms with van der Waals surface area (Å²) in [4.78, 5) is 19.1. The summed E-state index contributed by atoms with van der Waals surface area (Å²) in [5.74, 6) is 1.31. The molecule has 1 unspecified atom stereocenters. The van der Waals surface area contributed by atoms with E-state index < -0.39 is 0 Å². The van der Waals surface area contributed by atoms with Gasteiger partial charge in [-0.3, -0.25) is 4.79 Å². The van der Waals surface area contributed by atoms with Gasteiger partial charge >= 0.3 is 0 Å². The Morgan fingerprint density at radius 1 is 1.47 bits per heavy atom. The lowest BCUT2D eigenvalue weighted by atomic mass is 9.97. The van der Waals surface area contributed by atoms with Crippen molar-refractivity contribution in [2.75, 3.05) is 0 Å². The molecule has 1 aromatic heterocycles. The van der Waals surface area contributed by atoms with E-state index >= 15 is 0 Å². The van der Waals surface area contributed by atoms with Gasteiger partial charge < -0.3 is 4.98 Å². The van der Waals surface area contributed by atoms with Crippen LogP contribution in [-0.2, 0) is 6.42 Å². The van der Waals surface area contributed by atoms with Crippen molar-refractivity contribution in [3.63, 3.8) is 0 Å². The van der Waals surface area contributed by atoms with E-state index in [1.165, 1.54) is 17.5 Å². The Bertz CT molecular complexity index is 642. The Morgan fingerprint density at radius 2 is 2.29 bits per heavy atom. The van der Waals surface area contributed by atoms with Crippen LogP contribution in [0.3, 0.4) is 0 Å². The van der Waals surface area contributed by atoms with Gasteiger partial charge in [0.05, 0.1) is 10.9 Å². The molecule has 1 N–H and O–H groups in total. The monoisotopic (exact) mass is 228 g/mol. The lowest BCUT2D eigenvalue weighted by molar-refractivity contribution is 0.656. The average Bonchev–Trinajstić information content (AvgIpc) is 2.68. The number of rotatable bonds is 1. The molecule has 3 rings (SSSR count). The fourth-order valence-electron chi connectivity index (χ4n) is 2.87. The maximum atomic E-state index is 11.9. The summed E-state index contributed by atoms with van der Waals surface area (Å²) in [6.07, 6.45) is 3.48. The van der Waals surface area contributed by atoms with Crippen molar-refractivity contribution >= 4 is 10.9 Å². The van der Waals surface area contributed by atoms with E-state index in [1.54, 1.807) is 0 Å². The molecule has 1 heterocycles. The summed E-state index contributed by atoms with van der Waals surface area (Å²) in [7, 11) is 0. The normalized spacial score (nSPS) is 18.6. The van der Waals surface area contributed by atoms with Crippen LogP contribution < -0.4 is 5.56 Å². The highest BCUT2D eigenvalue weighted by Crippen LogP contribution is 2.36. The SMILES string of the molecule is CCC1CCc2cc3nc(C)[nH]c(=O)c3cc21. The first-order chi connectivity index (χ1) is 8.19. The van der Waals surface area contributed by atoms with E-state index in [2.05, 4.69) is 29.0 Å². The fraction of sp³-hybridized carbons (Fsp3) is 0.429. The van der Waals surface area contributed by atoms with Gasteiger partial charge in [0.2, 0.25) is 0 Å². The van der Waals surface area contributed by atoms with Gasteiger partial charge in [-0.2, -0.15) is 0 Å². The molecule has 1 aromatic carbocycles. The summed E-state index contributed by atoms with van der Waals surface area (Å²) >= 11 is 0. The maximum absolute atomic E-state index is 11.9. The predicted octanol–water partition coefficient (Wildman–Crippen LogP) is 2.67. The van der Waals surface area contributed by atoms with Crippen molar-refractivity contribution in [2.45, 2.75) is 39.0 Å². The highest BCUT2D eigenvalue weighted by atomic mass is 16.1. The quantitative estimate of drug-likeness (QED) is 0.815. The van der Waals surface area contributed by atoms with Gasteiger partial charge in [0, 0.05) is 0 Å². The smallest absolute Gasteiger partial charge is 0.258 e. The zero-order chi connectivity index (χ0) is 12.0. The molecule has 0 fully saturated rings. The van der Waals surface area contributed by atoms with Crippen LogP contribution in [0.4, 0.5) is 0 Å². The Kier molecular flexibility index (Phi) is 2.28. The Labute approximate surface area is 99.9 Å². The Morgan fingerprint density at radius 3 is 3.06 bits per heavy atom. The minimum atomic E-state index is -0.0166. The van der Waals surface area contributed by atoms with Crippen LogP contribution in [-0.4, -0.2) is 9.97 Å². The van der Waals surface area contributed by atoms with Crippen molar-refractivity contribution in [3.05, 3.63) is 39.4 Å². The highest BCUT2D eigenvalue weighted by molar-refractivity contribution is 5.80. The van der Waals surface area contributed by atoms with Gasteiger partial charge in [-0.1, -0.05) is 6.92 Å². The molecule has 1 aliphatic rings. The van der Waals surface area contributed by atoms with Gasteiger partial charge in [0.1, 0.15) is 5.82 Å². The number of hydrogen-bond acceptors (Lipinski definition) is 2. The summed E-state index contributed by atoms with van der Waals surface area (Å²) in [5, 5.41) is 0.731. The minimum absolute atomic E-state index is 0.0166. The number of benzene rings is 1. The first kappa shape index (κ1) is 10.5. The van der Waals surface area contributed by atoms with E-state index in [-0.39, 0.29) is 5.56 Å². The zero-order valence-electron chi connectivity index (χ0n) is 10.2. The zero-order valence-corrected chi connectivity index (χ0v) is 10.2. The third-order valence-corrected chi connectivity index (χ3v) is 3.78.